The van der Waals surface area contributed by atoms with Crippen molar-refractivity contribution in [3.05, 3.63) is 112 Å². The second kappa shape index (κ2) is 9.38. The highest BCUT2D eigenvalue weighted by Crippen LogP contribution is 2.28. The first-order valence-electron chi connectivity index (χ1n) is 11.5. The van der Waals surface area contributed by atoms with E-state index in [1.54, 1.807) is 31.3 Å². The molecule has 1 atom stereocenters. The minimum Gasteiger partial charge on any atom is -0.285 e. The molecule has 0 amide bonds. The summed E-state index contributed by atoms with van der Waals surface area (Å²) in [6, 6.07) is 20.3. The largest absolute Gasteiger partial charge is 0.285 e. The Labute approximate surface area is 201 Å². The van der Waals surface area contributed by atoms with E-state index in [0.29, 0.717) is 30.1 Å². The van der Waals surface area contributed by atoms with Crippen LogP contribution in [0.4, 0.5) is 8.78 Å². The van der Waals surface area contributed by atoms with E-state index in [1.165, 1.54) is 28.8 Å². The smallest absolute Gasteiger partial charge is 0.262 e. The molecule has 0 aliphatic carbocycles. The van der Waals surface area contributed by atoms with E-state index < -0.39 is 0 Å². The van der Waals surface area contributed by atoms with E-state index in [0.717, 1.165) is 23.1 Å². The van der Waals surface area contributed by atoms with Gasteiger partial charge in [0, 0.05) is 19.6 Å². The first kappa shape index (κ1) is 22.9. The fourth-order valence-corrected chi connectivity index (χ4v) is 4.71. The lowest BCUT2D eigenvalue weighted by Gasteiger charge is -2.31. The van der Waals surface area contributed by atoms with Gasteiger partial charge in [0.15, 0.2) is 5.82 Å². The number of para-hydroxylation sites is 1. The molecule has 0 unspecified atom stereocenters. The van der Waals surface area contributed by atoms with E-state index in [9.17, 15) is 13.6 Å². The molecule has 0 fully saturated rings. The van der Waals surface area contributed by atoms with Crippen LogP contribution in [0, 0.1) is 11.6 Å². The fourth-order valence-electron chi connectivity index (χ4n) is 4.71. The van der Waals surface area contributed by atoms with Crippen LogP contribution in [0.1, 0.15) is 36.3 Å². The van der Waals surface area contributed by atoms with Crippen molar-refractivity contribution in [3.8, 4) is 0 Å². The molecular formula is C27H25F2N5O. The van der Waals surface area contributed by atoms with Crippen molar-refractivity contribution in [3.63, 3.8) is 0 Å². The Morgan fingerprint density at radius 1 is 0.914 bits per heavy atom. The van der Waals surface area contributed by atoms with Crippen LogP contribution in [-0.4, -0.2) is 24.1 Å². The van der Waals surface area contributed by atoms with Crippen LogP contribution in [0.5, 0.6) is 0 Å². The Morgan fingerprint density at radius 2 is 1.69 bits per heavy atom. The SMILES string of the molecule is CC[C@H](c1ccc(F)cc1)N(Cc1cccc(F)c1)Cc1nnc2n(C)c(=O)c3ccccc3n12. The maximum absolute atomic E-state index is 14.0. The monoisotopic (exact) mass is 473 g/mol. The van der Waals surface area contributed by atoms with Gasteiger partial charge in [-0.15, -0.1) is 10.2 Å². The van der Waals surface area contributed by atoms with Crippen molar-refractivity contribution in [2.75, 3.05) is 0 Å². The van der Waals surface area contributed by atoms with Gasteiger partial charge in [-0.2, -0.15) is 0 Å². The van der Waals surface area contributed by atoms with Crippen molar-refractivity contribution in [1.29, 1.82) is 0 Å². The lowest BCUT2D eigenvalue weighted by Crippen LogP contribution is -2.29. The molecule has 0 aliphatic heterocycles. The quantitative estimate of drug-likeness (QED) is 0.333. The average Bonchev–Trinajstić information content (AvgIpc) is 3.28. The average molecular weight is 474 g/mol. The Bertz CT molecular complexity index is 1560. The highest BCUT2D eigenvalue weighted by Gasteiger charge is 2.23. The number of hydrogen-bond acceptors (Lipinski definition) is 4. The van der Waals surface area contributed by atoms with Crippen LogP contribution in [0.3, 0.4) is 0 Å². The summed E-state index contributed by atoms with van der Waals surface area (Å²) in [5.74, 6) is 0.510. The lowest BCUT2D eigenvalue weighted by molar-refractivity contribution is 0.168. The van der Waals surface area contributed by atoms with Crippen LogP contribution >= 0.6 is 0 Å². The maximum Gasteiger partial charge on any atom is 0.262 e. The second-order valence-electron chi connectivity index (χ2n) is 8.64. The summed E-state index contributed by atoms with van der Waals surface area (Å²) in [5, 5.41) is 9.34. The summed E-state index contributed by atoms with van der Waals surface area (Å²) in [6.07, 6.45) is 0.747. The zero-order valence-electron chi connectivity index (χ0n) is 19.5. The predicted molar refractivity (Wildman–Crippen MR) is 131 cm³/mol. The van der Waals surface area contributed by atoms with E-state index >= 15 is 0 Å². The fraction of sp³-hybridized carbons (Fsp3) is 0.222. The zero-order valence-corrected chi connectivity index (χ0v) is 19.5. The molecule has 0 spiro atoms. The molecule has 2 heterocycles. The van der Waals surface area contributed by atoms with Gasteiger partial charge in [0.1, 0.15) is 11.6 Å². The van der Waals surface area contributed by atoms with Crippen molar-refractivity contribution < 1.29 is 8.78 Å². The van der Waals surface area contributed by atoms with E-state index in [2.05, 4.69) is 22.0 Å². The van der Waals surface area contributed by atoms with Crippen molar-refractivity contribution in [1.82, 2.24) is 24.1 Å². The number of rotatable bonds is 7. The maximum atomic E-state index is 14.0. The summed E-state index contributed by atoms with van der Waals surface area (Å²) >= 11 is 0. The van der Waals surface area contributed by atoms with Crippen molar-refractivity contribution in [2.24, 2.45) is 7.05 Å². The van der Waals surface area contributed by atoms with Crippen molar-refractivity contribution in [2.45, 2.75) is 32.5 Å². The van der Waals surface area contributed by atoms with Gasteiger partial charge in [-0.05, 0) is 53.9 Å². The topological polar surface area (TPSA) is 55.4 Å². The van der Waals surface area contributed by atoms with Crippen LogP contribution in [0.2, 0.25) is 0 Å². The molecule has 0 N–H and O–H groups in total. The van der Waals surface area contributed by atoms with Gasteiger partial charge in [-0.3, -0.25) is 18.7 Å². The summed E-state index contributed by atoms with van der Waals surface area (Å²) in [4.78, 5) is 15.0. The molecule has 0 saturated carbocycles. The molecule has 5 rings (SSSR count). The molecule has 0 radical (unpaired) electrons. The third-order valence-electron chi connectivity index (χ3n) is 6.39. The standard InChI is InChI=1S/C27H25F2N5O/c1-3-23(19-11-13-20(28)14-12-19)33(16-18-7-6-8-21(29)15-18)17-25-30-31-27-32(2)26(35)22-9-4-5-10-24(22)34(25)27/h4-15,23H,3,16-17H2,1-2H3/t23-/m1/s1. The summed E-state index contributed by atoms with van der Waals surface area (Å²) in [6.45, 7) is 2.90. The van der Waals surface area contributed by atoms with Gasteiger partial charge in [0.2, 0.25) is 5.78 Å². The van der Waals surface area contributed by atoms with Crippen LogP contribution in [0.15, 0.2) is 77.6 Å². The molecule has 35 heavy (non-hydrogen) atoms. The number of aromatic nitrogens is 4. The minimum atomic E-state index is -0.300. The number of benzene rings is 3. The third kappa shape index (κ3) is 4.33. The highest BCUT2D eigenvalue weighted by molar-refractivity contribution is 5.80. The van der Waals surface area contributed by atoms with E-state index in [1.807, 2.05) is 28.7 Å². The van der Waals surface area contributed by atoms with Crippen LogP contribution in [-0.2, 0) is 20.1 Å². The molecule has 8 heteroatoms. The van der Waals surface area contributed by atoms with Gasteiger partial charge < -0.3 is 0 Å². The number of fused-ring (bicyclic) bond motifs is 3. The molecule has 2 aromatic heterocycles. The molecule has 0 aliphatic rings. The Hall–Kier alpha value is -3.91. The number of halogens is 2. The summed E-state index contributed by atoms with van der Waals surface area (Å²) < 4.78 is 31.0. The van der Waals surface area contributed by atoms with Crippen molar-refractivity contribution >= 4 is 16.7 Å². The molecular weight excluding hydrogens is 448 g/mol. The lowest BCUT2D eigenvalue weighted by atomic mass is 10.0. The predicted octanol–water partition coefficient (Wildman–Crippen LogP) is 5.01. The van der Waals surface area contributed by atoms with Gasteiger partial charge in [0.25, 0.3) is 5.56 Å². The van der Waals surface area contributed by atoms with Gasteiger partial charge in [0.05, 0.1) is 17.4 Å². The Kier molecular flexibility index (Phi) is 6.13. The Balaban J connectivity index is 1.63. The Morgan fingerprint density at radius 3 is 2.43 bits per heavy atom. The molecule has 178 valence electrons. The van der Waals surface area contributed by atoms with Crippen LogP contribution in [0.25, 0.3) is 16.7 Å². The van der Waals surface area contributed by atoms with Gasteiger partial charge >= 0.3 is 0 Å². The van der Waals surface area contributed by atoms with E-state index in [-0.39, 0.29) is 23.2 Å². The normalized spacial score (nSPS) is 12.6. The molecule has 5 aromatic rings. The number of aryl methyl sites for hydroxylation is 1. The molecule has 6 nitrogen and oxygen atoms in total. The molecule has 0 bridgehead atoms. The van der Waals surface area contributed by atoms with Gasteiger partial charge in [-0.1, -0.05) is 43.3 Å². The molecule has 0 saturated heterocycles. The minimum absolute atomic E-state index is 0.0787. The zero-order chi connectivity index (χ0) is 24.5. The first-order valence-corrected chi connectivity index (χ1v) is 11.5. The number of nitrogens with zero attached hydrogens (tertiary/aromatic N) is 5. The highest BCUT2D eigenvalue weighted by atomic mass is 19.1. The summed E-state index contributed by atoms with van der Waals surface area (Å²) in [5.41, 5.74) is 2.36. The first-order chi connectivity index (χ1) is 17.0. The van der Waals surface area contributed by atoms with Crippen LogP contribution < -0.4 is 5.56 Å². The van der Waals surface area contributed by atoms with E-state index in [4.69, 9.17) is 0 Å². The second-order valence-corrected chi connectivity index (χ2v) is 8.64. The third-order valence-corrected chi connectivity index (χ3v) is 6.39. The number of hydrogen-bond donors (Lipinski definition) is 0. The molecule has 3 aromatic carbocycles. The van der Waals surface area contributed by atoms with Gasteiger partial charge in [-0.25, -0.2) is 8.78 Å². The summed E-state index contributed by atoms with van der Waals surface area (Å²) in [7, 11) is 1.68.